The Kier molecular flexibility index (Phi) is 5.66. The zero-order chi connectivity index (χ0) is 13.5. The molecule has 104 valence electrons. The number of pyridine rings is 1. The monoisotopic (exact) mass is 279 g/mol. The smallest absolute Gasteiger partial charge is 0.232 e. The van der Waals surface area contributed by atoms with Gasteiger partial charge in [-0.15, -0.1) is 11.8 Å². The summed E-state index contributed by atoms with van der Waals surface area (Å²) >= 11 is 1.80. The van der Waals surface area contributed by atoms with Gasteiger partial charge in [-0.1, -0.05) is 6.07 Å². The molecule has 0 atom stereocenters. The largest absolute Gasteiger partial charge is 0.341 e. The third-order valence-corrected chi connectivity index (χ3v) is 4.65. The number of rotatable bonds is 5. The first-order valence-corrected chi connectivity index (χ1v) is 7.76. The topological polar surface area (TPSA) is 45.2 Å². The third kappa shape index (κ3) is 4.84. The van der Waals surface area contributed by atoms with Gasteiger partial charge in [0.1, 0.15) is 0 Å². The summed E-state index contributed by atoms with van der Waals surface area (Å²) in [5.74, 6) is 0.786. The van der Waals surface area contributed by atoms with Gasteiger partial charge in [-0.2, -0.15) is 0 Å². The number of aromatic nitrogens is 1. The van der Waals surface area contributed by atoms with Gasteiger partial charge in [0, 0.05) is 31.2 Å². The van der Waals surface area contributed by atoms with E-state index in [1.165, 1.54) is 12.8 Å². The van der Waals surface area contributed by atoms with Crippen LogP contribution in [0.25, 0.3) is 0 Å². The SMILES string of the molecule is CN(Cc1cccnc1)C(=O)CSC1CCNCC1. The fourth-order valence-electron chi connectivity index (χ4n) is 2.12. The van der Waals surface area contributed by atoms with Crippen molar-refractivity contribution in [1.82, 2.24) is 15.2 Å². The van der Waals surface area contributed by atoms with Gasteiger partial charge >= 0.3 is 0 Å². The molecule has 1 aromatic rings. The van der Waals surface area contributed by atoms with Crippen molar-refractivity contribution in [3.63, 3.8) is 0 Å². The van der Waals surface area contributed by atoms with Crippen LogP contribution in [0, 0.1) is 0 Å². The molecule has 0 unspecified atom stereocenters. The number of carbonyl (C=O) groups excluding carboxylic acids is 1. The number of thioether (sulfide) groups is 1. The molecule has 1 N–H and O–H groups in total. The molecule has 1 saturated heterocycles. The fraction of sp³-hybridized carbons (Fsp3) is 0.571. The third-order valence-electron chi connectivity index (χ3n) is 3.30. The van der Waals surface area contributed by atoms with Crippen molar-refractivity contribution in [2.75, 3.05) is 25.9 Å². The molecule has 0 saturated carbocycles. The average Bonchev–Trinajstić information content (AvgIpc) is 2.47. The minimum Gasteiger partial charge on any atom is -0.341 e. The number of hydrogen-bond acceptors (Lipinski definition) is 4. The molecule has 1 amide bonds. The van der Waals surface area contributed by atoms with Gasteiger partial charge in [0.25, 0.3) is 0 Å². The molecule has 5 heteroatoms. The van der Waals surface area contributed by atoms with Crippen LogP contribution >= 0.6 is 11.8 Å². The van der Waals surface area contributed by atoms with Crippen molar-refractivity contribution in [1.29, 1.82) is 0 Å². The summed E-state index contributed by atoms with van der Waals surface area (Å²) in [4.78, 5) is 17.9. The minimum atomic E-state index is 0.201. The lowest BCUT2D eigenvalue weighted by Gasteiger charge is -2.23. The highest BCUT2D eigenvalue weighted by molar-refractivity contribution is 8.00. The van der Waals surface area contributed by atoms with E-state index in [1.807, 2.05) is 25.4 Å². The lowest BCUT2D eigenvalue weighted by Crippen LogP contribution is -2.32. The van der Waals surface area contributed by atoms with Gasteiger partial charge in [-0.05, 0) is 37.6 Å². The van der Waals surface area contributed by atoms with E-state index in [4.69, 9.17) is 0 Å². The van der Waals surface area contributed by atoms with Gasteiger partial charge in [-0.3, -0.25) is 9.78 Å². The van der Waals surface area contributed by atoms with Crippen LogP contribution in [-0.2, 0) is 11.3 Å². The van der Waals surface area contributed by atoms with Crippen LogP contribution in [0.1, 0.15) is 18.4 Å². The van der Waals surface area contributed by atoms with E-state index in [9.17, 15) is 4.79 Å². The summed E-state index contributed by atoms with van der Waals surface area (Å²) < 4.78 is 0. The molecule has 2 heterocycles. The first-order chi connectivity index (χ1) is 9.25. The van der Waals surface area contributed by atoms with Gasteiger partial charge in [-0.25, -0.2) is 0 Å². The molecule has 0 aromatic carbocycles. The van der Waals surface area contributed by atoms with Crippen molar-refractivity contribution in [3.8, 4) is 0 Å². The van der Waals surface area contributed by atoms with E-state index in [-0.39, 0.29) is 5.91 Å². The van der Waals surface area contributed by atoms with E-state index in [1.54, 1.807) is 22.9 Å². The zero-order valence-electron chi connectivity index (χ0n) is 11.3. The Bertz CT molecular complexity index is 393. The molecule has 4 nitrogen and oxygen atoms in total. The van der Waals surface area contributed by atoms with Gasteiger partial charge in [0.15, 0.2) is 0 Å². The maximum absolute atomic E-state index is 12.1. The van der Waals surface area contributed by atoms with Crippen molar-refractivity contribution in [2.45, 2.75) is 24.6 Å². The second-order valence-corrected chi connectivity index (χ2v) is 6.16. The highest BCUT2D eigenvalue weighted by atomic mass is 32.2. The normalized spacial score (nSPS) is 16.3. The predicted octanol–water partition coefficient (Wildman–Crippen LogP) is 1.53. The van der Waals surface area contributed by atoms with Crippen LogP contribution in [0.2, 0.25) is 0 Å². The highest BCUT2D eigenvalue weighted by Crippen LogP contribution is 2.20. The molecule has 0 aliphatic carbocycles. The first-order valence-electron chi connectivity index (χ1n) is 6.71. The van der Waals surface area contributed by atoms with E-state index in [0.29, 0.717) is 17.5 Å². The molecular weight excluding hydrogens is 258 g/mol. The van der Waals surface area contributed by atoms with E-state index >= 15 is 0 Å². The fourth-order valence-corrected chi connectivity index (χ4v) is 3.28. The molecule has 0 spiro atoms. The maximum Gasteiger partial charge on any atom is 0.232 e. The second kappa shape index (κ2) is 7.50. The molecule has 1 aromatic heterocycles. The van der Waals surface area contributed by atoms with Crippen LogP contribution < -0.4 is 5.32 Å². The van der Waals surface area contributed by atoms with Crippen LogP contribution in [0.15, 0.2) is 24.5 Å². The summed E-state index contributed by atoms with van der Waals surface area (Å²) in [6.07, 6.45) is 5.90. The van der Waals surface area contributed by atoms with Crippen LogP contribution in [0.5, 0.6) is 0 Å². The summed E-state index contributed by atoms with van der Waals surface area (Å²) in [6.45, 7) is 2.80. The van der Waals surface area contributed by atoms with E-state index in [2.05, 4.69) is 10.3 Å². The van der Waals surface area contributed by atoms with E-state index < -0.39 is 0 Å². The molecule has 1 fully saturated rings. The minimum absolute atomic E-state index is 0.201. The molecule has 1 aliphatic rings. The second-order valence-electron chi connectivity index (χ2n) is 4.87. The Labute approximate surface area is 119 Å². The number of nitrogens with zero attached hydrogens (tertiary/aromatic N) is 2. The first kappa shape index (κ1) is 14.3. The Balaban J connectivity index is 1.73. The summed E-state index contributed by atoms with van der Waals surface area (Å²) in [5.41, 5.74) is 1.07. The molecule has 2 rings (SSSR count). The maximum atomic E-state index is 12.1. The molecular formula is C14H21N3OS. The number of nitrogens with one attached hydrogen (secondary N) is 1. The number of piperidine rings is 1. The number of hydrogen-bond donors (Lipinski definition) is 1. The van der Waals surface area contributed by atoms with Gasteiger partial charge < -0.3 is 10.2 Å². The zero-order valence-corrected chi connectivity index (χ0v) is 12.2. The number of carbonyl (C=O) groups is 1. The Morgan fingerprint density at radius 1 is 1.53 bits per heavy atom. The summed E-state index contributed by atoms with van der Waals surface area (Å²) in [5, 5.41) is 3.98. The van der Waals surface area contributed by atoms with Gasteiger partial charge in [0.05, 0.1) is 5.75 Å². The predicted molar refractivity (Wildman–Crippen MR) is 79.1 cm³/mol. The summed E-state index contributed by atoms with van der Waals surface area (Å²) in [7, 11) is 1.86. The quantitative estimate of drug-likeness (QED) is 0.888. The summed E-state index contributed by atoms with van der Waals surface area (Å²) in [6, 6.07) is 3.90. The Morgan fingerprint density at radius 3 is 3.00 bits per heavy atom. The standard InChI is InChI=1S/C14H21N3OS/c1-17(10-12-3-2-6-16-9-12)14(18)11-19-13-4-7-15-8-5-13/h2-3,6,9,13,15H,4-5,7-8,10-11H2,1H3. The van der Waals surface area contributed by atoms with Crippen molar-refractivity contribution < 1.29 is 4.79 Å². The molecule has 0 bridgehead atoms. The van der Waals surface area contributed by atoms with Crippen molar-refractivity contribution in [3.05, 3.63) is 30.1 Å². The van der Waals surface area contributed by atoms with Crippen molar-refractivity contribution in [2.24, 2.45) is 0 Å². The number of amides is 1. The average molecular weight is 279 g/mol. The molecule has 19 heavy (non-hydrogen) atoms. The van der Waals surface area contributed by atoms with Crippen LogP contribution in [0.4, 0.5) is 0 Å². The molecule has 0 radical (unpaired) electrons. The van der Waals surface area contributed by atoms with Crippen LogP contribution in [0.3, 0.4) is 0 Å². The molecule has 1 aliphatic heterocycles. The van der Waals surface area contributed by atoms with Crippen molar-refractivity contribution >= 4 is 17.7 Å². The highest BCUT2D eigenvalue weighted by Gasteiger charge is 2.16. The lowest BCUT2D eigenvalue weighted by molar-refractivity contribution is -0.127. The van der Waals surface area contributed by atoms with Gasteiger partial charge in [0.2, 0.25) is 5.91 Å². The Hall–Kier alpha value is -1.07. The van der Waals surface area contributed by atoms with E-state index in [0.717, 1.165) is 18.7 Å². The lowest BCUT2D eigenvalue weighted by atomic mass is 10.2. The Morgan fingerprint density at radius 2 is 2.32 bits per heavy atom. The van der Waals surface area contributed by atoms with Crippen LogP contribution in [-0.4, -0.2) is 46.9 Å².